The number of anilines is 3. The molecule has 0 spiro atoms. The van der Waals surface area contributed by atoms with Crippen LogP contribution in [-0.4, -0.2) is 4.98 Å². The predicted molar refractivity (Wildman–Crippen MR) is 67.7 cm³/mol. The van der Waals surface area contributed by atoms with E-state index in [0.29, 0.717) is 0 Å². The van der Waals surface area contributed by atoms with Gasteiger partial charge >= 0.3 is 0 Å². The molecule has 2 rings (SSSR count). The summed E-state index contributed by atoms with van der Waals surface area (Å²) in [6.45, 7) is 1.46. The molecule has 0 saturated carbocycles. The molecule has 0 unspecified atom stereocenters. The molecule has 0 amide bonds. The molecule has 0 radical (unpaired) electrons. The standard InChI is InChI=1S/C13H10F2N4/c1-7-4-10(15)11(5-9(7)14)19-13-12(17)8(6-16)2-3-18-13/h2-5H,17H2,1H3,(H,18,19). The smallest absolute Gasteiger partial charge is 0.155 e. The maximum Gasteiger partial charge on any atom is 0.155 e. The summed E-state index contributed by atoms with van der Waals surface area (Å²) in [5.41, 5.74) is 6.12. The van der Waals surface area contributed by atoms with Crippen LogP contribution in [0.25, 0.3) is 0 Å². The van der Waals surface area contributed by atoms with Crippen molar-refractivity contribution < 1.29 is 8.78 Å². The molecule has 1 heterocycles. The topological polar surface area (TPSA) is 74.7 Å². The van der Waals surface area contributed by atoms with E-state index in [-0.39, 0.29) is 28.3 Å². The monoisotopic (exact) mass is 260 g/mol. The third-order valence-corrected chi connectivity index (χ3v) is 2.61. The summed E-state index contributed by atoms with van der Waals surface area (Å²) in [5, 5.41) is 11.4. The van der Waals surface area contributed by atoms with Crippen LogP contribution in [0.1, 0.15) is 11.1 Å². The molecule has 2 aromatic rings. The normalized spacial score (nSPS) is 10.0. The van der Waals surface area contributed by atoms with Crippen LogP contribution >= 0.6 is 0 Å². The molecule has 1 aromatic carbocycles. The lowest BCUT2D eigenvalue weighted by molar-refractivity contribution is 0.595. The zero-order chi connectivity index (χ0) is 14.0. The van der Waals surface area contributed by atoms with Crippen molar-refractivity contribution in [2.24, 2.45) is 0 Å². The maximum atomic E-state index is 13.7. The van der Waals surface area contributed by atoms with Gasteiger partial charge in [0.2, 0.25) is 0 Å². The highest BCUT2D eigenvalue weighted by atomic mass is 19.1. The Morgan fingerprint density at radius 2 is 2.05 bits per heavy atom. The van der Waals surface area contributed by atoms with Gasteiger partial charge in [-0.25, -0.2) is 13.8 Å². The summed E-state index contributed by atoms with van der Waals surface area (Å²) >= 11 is 0. The van der Waals surface area contributed by atoms with Gasteiger partial charge in [-0.1, -0.05) is 0 Å². The minimum atomic E-state index is -0.623. The zero-order valence-corrected chi connectivity index (χ0v) is 10.0. The second-order valence-electron chi connectivity index (χ2n) is 3.94. The number of nitriles is 1. The highest BCUT2D eigenvalue weighted by molar-refractivity contribution is 5.73. The first-order valence-corrected chi connectivity index (χ1v) is 5.40. The number of aromatic nitrogens is 1. The Kier molecular flexibility index (Phi) is 3.29. The first-order valence-electron chi connectivity index (χ1n) is 5.40. The number of hydrogen-bond acceptors (Lipinski definition) is 4. The Morgan fingerprint density at radius 1 is 1.32 bits per heavy atom. The van der Waals surface area contributed by atoms with Crippen LogP contribution in [-0.2, 0) is 0 Å². The number of nitrogen functional groups attached to an aromatic ring is 1. The van der Waals surface area contributed by atoms with E-state index in [4.69, 9.17) is 11.0 Å². The van der Waals surface area contributed by atoms with Gasteiger partial charge in [0.05, 0.1) is 16.9 Å². The van der Waals surface area contributed by atoms with Crippen LogP contribution in [0.15, 0.2) is 24.4 Å². The number of pyridine rings is 1. The van der Waals surface area contributed by atoms with Crippen LogP contribution < -0.4 is 11.1 Å². The predicted octanol–water partition coefficient (Wildman–Crippen LogP) is 2.87. The highest BCUT2D eigenvalue weighted by Gasteiger charge is 2.11. The highest BCUT2D eigenvalue weighted by Crippen LogP contribution is 2.26. The molecule has 0 aliphatic rings. The molecule has 0 aliphatic carbocycles. The van der Waals surface area contributed by atoms with Crippen LogP contribution in [0.4, 0.5) is 26.0 Å². The van der Waals surface area contributed by atoms with E-state index in [9.17, 15) is 8.78 Å². The van der Waals surface area contributed by atoms with Gasteiger partial charge in [-0.05, 0) is 24.6 Å². The molecule has 19 heavy (non-hydrogen) atoms. The molecule has 4 nitrogen and oxygen atoms in total. The van der Waals surface area contributed by atoms with E-state index in [0.717, 1.165) is 12.1 Å². The minimum Gasteiger partial charge on any atom is -0.395 e. The number of rotatable bonds is 2. The first-order chi connectivity index (χ1) is 9.02. The van der Waals surface area contributed by atoms with Gasteiger partial charge in [0, 0.05) is 12.3 Å². The molecular weight excluding hydrogens is 250 g/mol. The number of nitrogens with two attached hydrogens (primary N) is 1. The van der Waals surface area contributed by atoms with E-state index in [1.807, 2.05) is 6.07 Å². The van der Waals surface area contributed by atoms with Crippen molar-refractivity contribution in [1.29, 1.82) is 5.26 Å². The summed E-state index contributed by atoms with van der Waals surface area (Å²) in [6, 6.07) is 5.41. The lowest BCUT2D eigenvalue weighted by Crippen LogP contribution is -2.03. The molecule has 0 bridgehead atoms. The van der Waals surface area contributed by atoms with Crippen LogP contribution in [0.2, 0.25) is 0 Å². The van der Waals surface area contributed by atoms with Gasteiger partial charge in [-0.2, -0.15) is 5.26 Å². The van der Waals surface area contributed by atoms with Crippen LogP contribution in [0.3, 0.4) is 0 Å². The van der Waals surface area contributed by atoms with Gasteiger partial charge in [0.1, 0.15) is 17.7 Å². The third-order valence-electron chi connectivity index (χ3n) is 2.61. The van der Waals surface area contributed by atoms with Gasteiger partial charge in [0.15, 0.2) is 5.82 Å². The average Bonchev–Trinajstić information content (AvgIpc) is 2.38. The zero-order valence-electron chi connectivity index (χ0n) is 10.0. The summed E-state index contributed by atoms with van der Waals surface area (Å²) < 4.78 is 27.1. The Hall–Kier alpha value is -2.68. The molecule has 0 aliphatic heterocycles. The van der Waals surface area contributed by atoms with Gasteiger partial charge < -0.3 is 11.1 Å². The van der Waals surface area contributed by atoms with Crippen LogP contribution in [0.5, 0.6) is 0 Å². The summed E-state index contributed by atoms with van der Waals surface area (Å²) in [6.07, 6.45) is 1.36. The Labute approximate surface area is 108 Å². The van der Waals surface area contributed by atoms with Crippen molar-refractivity contribution in [1.82, 2.24) is 4.98 Å². The fourth-order valence-corrected chi connectivity index (χ4v) is 1.54. The average molecular weight is 260 g/mol. The van der Waals surface area contributed by atoms with E-state index >= 15 is 0 Å². The van der Waals surface area contributed by atoms with E-state index in [1.165, 1.54) is 19.2 Å². The lowest BCUT2D eigenvalue weighted by Gasteiger charge is -2.10. The molecular formula is C13H10F2N4. The van der Waals surface area contributed by atoms with E-state index < -0.39 is 11.6 Å². The Morgan fingerprint density at radius 3 is 2.74 bits per heavy atom. The minimum absolute atomic E-state index is 0.0858. The summed E-state index contributed by atoms with van der Waals surface area (Å²) in [7, 11) is 0. The van der Waals surface area contributed by atoms with E-state index in [1.54, 1.807) is 0 Å². The second kappa shape index (κ2) is 4.90. The molecule has 1 aromatic heterocycles. The third kappa shape index (κ3) is 2.45. The Balaban J connectivity index is 2.43. The molecule has 0 fully saturated rings. The second-order valence-corrected chi connectivity index (χ2v) is 3.94. The quantitative estimate of drug-likeness (QED) is 0.870. The lowest BCUT2D eigenvalue weighted by atomic mass is 10.2. The molecule has 3 N–H and O–H groups in total. The maximum absolute atomic E-state index is 13.7. The van der Waals surface area contributed by atoms with Crippen molar-refractivity contribution in [2.45, 2.75) is 6.92 Å². The Bertz CT molecular complexity index is 677. The fraction of sp³-hybridized carbons (Fsp3) is 0.0769. The summed E-state index contributed by atoms with van der Waals surface area (Å²) in [4.78, 5) is 3.90. The molecule has 0 atom stereocenters. The fourth-order valence-electron chi connectivity index (χ4n) is 1.54. The van der Waals surface area contributed by atoms with Gasteiger partial charge in [-0.15, -0.1) is 0 Å². The van der Waals surface area contributed by atoms with Crippen molar-refractivity contribution >= 4 is 17.2 Å². The molecule has 0 saturated heterocycles. The molecule has 96 valence electrons. The largest absolute Gasteiger partial charge is 0.395 e. The van der Waals surface area contributed by atoms with Crippen molar-refractivity contribution in [3.05, 3.63) is 47.2 Å². The number of benzene rings is 1. The molecule has 6 heteroatoms. The number of nitrogens with one attached hydrogen (secondary N) is 1. The first kappa shape index (κ1) is 12.8. The van der Waals surface area contributed by atoms with Gasteiger partial charge in [-0.3, -0.25) is 0 Å². The summed E-state index contributed by atoms with van der Waals surface area (Å²) in [5.74, 6) is -1.05. The number of hydrogen-bond donors (Lipinski definition) is 2. The number of halogens is 2. The number of aryl methyl sites for hydroxylation is 1. The van der Waals surface area contributed by atoms with Crippen LogP contribution in [0, 0.1) is 29.9 Å². The van der Waals surface area contributed by atoms with Crippen molar-refractivity contribution in [2.75, 3.05) is 11.1 Å². The van der Waals surface area contributed by atoms with Crippen molar-refractivity contribution in [3.8, 4) is 6.07 Å². The van der Waals surface area contributed by atoms with Gasteiger partial charge in [0.25, 0.3) is 0 Å². The number of nitrogens with zero attached hydrogens (tertiary/aromatic N) is 2. The van der Waals surface area contributed by atoms with E-state index in [2.05, 4.69) is 10.3 Å². The SMILES string of the molecule is Cc1cc(F)c(Nc2nccc(C#N)c2N)cc1F. The van der Waals surface area contributed by atoms with Crippen molar-refractivity contribution in [3.63, 3.8) is 0 Å².